The van der Waals surface area contributed by atoms with Crippen LogP contribution in [-0.2, 0) is 0 Å². The summed E-state index contributed by atoms with van der Waals surface area (Å²) in [7, 11) is 0. The van der Waals surface area contributed by atoms with Gasteiger partial charge in [0.05, 0.1) is 11.6 Å². The van der Waals surface area contributed by atoms with E-state index in [1.165, 1.54) is 0 Å². The first-order valence-electron chi connectivity index (χ1n) is 4.42. The van der Waals surface area contributed by atoms with Gasteiger partial charge in [-0.3, -0.25) is 0 Å². The van der Waals surface area contributed by atoms with Crippen LogP contribution in [0.3, 0.4) is 0 Å². The number of thiocarbonyl (C=S) groups is 1. The molecule has 0 bridgehead atoms. The van der Waals surface area contributed by atoms with Crippen molar-refractivity contribution in [2.45, 2.75) is 13.8 Å². The van der Waals surface area contributed by atoms with E-state index in [0.717, 1.165) is 10.7 Å². The summed E-state index contributed by atoms with van der Waals surface area (Å²) >= 11 is 5.15. The molecule has 1 rings (SSSR count). The summed E-state index contributed by atoms with van der Waals surface area (Å²) in [5.41, 5.74) is 1.59. The van der Waals surface area contributed by atoms with Crippen molar-refractivity contribution in [3.8, 4) is 0 Å². The van der Waals surface area contributed by atoms with E-state index in [1.54, 1.807) is 12.1 Å². The van der Waals surface area contributed by atoms with Gasteiger partial charge in [-0.1, -0.05) is 38.2 Å². The Hall–Kier alpha value is -1.40. The zero-order valence-electron chi connectivity index (χ0n) is 8.24. The van der Waals surface area contributed by atoms with Crippen molar-refractivity contribution in [3.05, 3.63) is 35.7 Å². The number of anilines is 1. The molecule has 0 aliphatic rings. The van der Waals surface area contributed by atoms with E-state index < -0.39 is 0 Å². The van der Waals surface area contributed by atoms with Gasteiger partial charge < -0.3 is 5.32 Å². The molecule has 0 saturated heterocycles. The third-order valence-electron chi connectivity index (χ3n) is 1.79. The fourth-order valence-electron chi connectivity index (χ4n) is 0.906. The van der Waals surface area contributed by atoms with Crippen LogP contribution in [-0.4, -0.2) is 4.99 Å². The summed E-state index contributed by atoms with van der Waals surface area (Å²) in [6.07, 6.45) is 0. The predicted molar refractivity (Wildman–Crippen MR) is 63.8 cm³/mol. The van der Waals surface area contributed by atoms with Gasteiger partial charge in [0.15, 0.2) is 5.69 Å². The first-order chi connectivity index (χ1) is 6.63. The van der Waals surface area contributed by atoms with Crippen molar-refractivity contribution < 1.29 is 0 Å². The molecule has 0 aliphatic carbocycles. The van der Waals surface area contributed by atoms with Crippen molar-refractivity contribution in [1.29, 1.82) is 0 Å². The van der Waals surface area contributed by atoms with Crippen LogP contribution in [0.15, 0.2) is 24.3 Å². The highest BCUT2D eigenvalue weighted by Crippen LogP contribution is 2.16. The fourth-order valence-corrected chi connectivity index (χ4v) is 1.02. The highest BCUT2D eigenvalue weighted by atomic mass is 32.1. The molecule has 14 heavy (non-hydrogen) atoms. The Balaban J connectivity index is 2.70. The smallest absolute Gasteiger partial charge is 0.187 e. The van der Waals surface area contributed by atoms with Gasteiger partial charge in [-0.2, -0.15) is 0 Å². The van der Waals surface area contributed by atoms with Crippen molar-refractivity contribution in [2.75, 3.05) is 5.32 Å². The lowest BCUT2D eigenvalue weighted by Gasteiger charge is -2.10. The van der Waals surface area contributed by atoms with Gasteiger partial charge in [0.1, 0.15) is 0 Å². The van der Waals surface area contributed by atoms with Gasteiger partial charge in [0.2, 0.25) is 0 Å². The van der Waals surface area contributed by atoms with Crippen LogP contribution in [0, 0.1) is 12.5 Å². The Morgan fingerprint density at radius 2 is 1.93 bits per heavy atom. The molecular weight excluding hydrogens is 192 g/mol. The quantitative estimate of drug-likeness (QED) is 0.585. The van der Waals surface area contributed by atoms with Crippen LogP contribution in [0.25, 0.3) is 4.85 Å². The van der Waals surface area contributed by atoms with E-state index in [4.69, 9.17) is 18.8 Å². The van der Waals surface area contributed by atoms with Crippen molar-refractivity contribution in [3.63, 3.8) is 0 Å². The van der Waals surface area contributed by atoms with Crippen LogP contribution in [0.5, 0.6) is 0 Å². The van der Waals surface area contributed by atoms with Crippen LogP contribution >= 0.6 is 12.2 Å². The maximum Gasteiger partial charge on any atom is 0.187 e. The second kappa shape index (κ2) is 4.73. The number of hydrogen-bond donors (Lipinski definition) is 1. The first kappa shape index (κ1) is 10.7. The summed E-state index contributed by atoms with van der Waals surface area (Å²) in [6.45, 7) is 10.9. The van der Waals surface area contributed by atoms with E-state index in [1.807, 2.05) is 26.0 Å². The van der Waals surface area contributed by atoms with E-state index in [2.05, 4.69) is 10.2 Å². The Bertz CT molecular complexity index is 360. The fraction of sp³-hybridized carbons (Fsp3) is 0.273. The number of benzene rings is 1. The Labute approximate surface area is 89.8 Å². The molecule has 72 valence electrons. The van der Waals surface area contributed by atoms with Crippen LogP contribution < -0.4 is 5.32 Å². The van der Waals surface area contributed by atoms with Crippen LogP contribution in [0.4, 0.5) is 11.4 Å². The average molecular weight is 204 g/mol. The highest BCUT2D eigenvalue weighted by molar-refractivity contribution is 7.80. The molecule has 0 spiro atoms. The highest BCUT2D eigenvalue weighted by Gasteiger charge is 2.01. The number of rotatable bonds is 2. The van der Waals surface area contributed by atoms with Crippen molar-refractivity contribution in [1.82, 2.24) is 0 Å². The molecule has 0 radical (unpaired) electrons. The molecule has 1 N–H and O–H groups in total. The summed E-state index contributed by atoms with van der Waals surface area (Å²) < 4.78 is 0. The SMILES string of the molecule is [C-]#[N+]c1ccc(NC(=S)C(C)C)cc1. The largest absolute Gasteiger partial charge is 0.350 e. The maximum absolute atomic E-state index is 6.80. The number of nitrogens with one attached hydrogen (secondary N) is 1. The van der Waals surface area contributed by atoms with Gasteiger partial charge in [-0.25, -0.2) is 4.85 Å². The van der Waals surface area contributed by atoms with Gasteiger partial charge in [-0.05, 0) is 12.1 Å². The van der Waals surface area contributed by atoms with E-state index in [9.17, 15) is 0 Å². The van der Waals surface area contributed by atoms with Gasteiger partial charge in [-0.15, -0.1) is 0 Å². The molecule has 0 saturated carbocycles. The molecule has 2 nitrogen and oxygen atoms in total. The van der Waals surface area contributed by atoms with E-state index >= 15 is 0 Å². The zero-order valence-corrected chi connectivity index (χ0v) is 9.06. The van der Waals surface area contributed by atoms with E-state index in [0.29, 0.717) is 11.6 Å². The lowest BCUT2D eigenvalue weighted by molar-refractivity contribution is 0.898. The summed E-state index contributed by atoms with van der Waals surface area (Å²) in [4.78, 5) is 4.14. The number of nitrogens with zero attached hydrogens (tertiary/aromatic N) is 1. The lowest BCUT2D eigenvalue weighted by Crippen LogP contribution is -2.15. The minimum Gasteiger partial charge on any atom is -0.350 e. The molecule has 0 heterocycles. The Kier molecular flexibility index (Phi) is 3.61. The molecule has 3 heteroatoms. The maximum atomic E-state index is 6.80. The molecule has 0 fully saturated rings. The summed E-state index contributed by atoms with van der Waals surface area (Å²) in [5, 5.41) is 3.12. The first-order valence-corrected chi connectivity index (χ1v) is 4.82. The lowest BCUT2D eigenvalue weighted by atomic mass is 10.2. The van der Waals surface area contributed by atoms with Gasteiger partial charge >= 0.3 is 0 Å². The monoisotopic (exact) mass is 204 g/mol. The minimum absolute atomic E-state index is 0.338. The predicted octanol–water partition coefficient (Wildman–Crippen LogP) is 3.63. The molecule has 0 aromatic heterocycles. The molecule has 0 aliphatic heterocycles. The third kappa shape index (κ3) is 2.82. The molecule has 1 aromatic carbocycles. The van der Waals surface area contributed by atoms with Crippen molar-refractivity contribution >= 4 is 28.6 Å². The molecule has 0 amide bonds. The average Bonchev–Trinajstić information content (AvgIpc) is 2.19. The molecular formula is C11H12N2S. The van der Waals surface area contributed by atoms with Crippen LogP contribution in [0.1, 0.15) is 13.8 Å². The summed E-state index contributed by atoms with van der Waals surface area (Å²) in [6, 6.07) is 7.28. The standard InChI is InChI=1S/C11H12N2S/c1-8(2)11(14)13-10-6-4-9(12-3)5-7-10/h4-8H,1-2H3,(H,13,14). The van der Waals surface area contributed by atoms with Crippen LogP contribution in [0.2, 0.25) is 0 Å². The minimum atomic E-state index is 0.338. The molecule has 1 aromatic rings. The third-order valence-corrected chi connectivity index (χ3v) is 2.36. The van der Waals surface area contributed by atoms with Crippen molar-refractivity contribution in [2.24, 2.45) is 5.92 Å². The topological polar surface area (TPSA) is 16.4 Å². The summed E-state index contributed by atoms with van der Waals surface area (Å²) in [5.74, 6) is 0.338. The van der Waals surface area contributed by atoms with Gasteiger partial charge in [0, 0.05) is 11.6 Å². The zero-order chi connectivity index (χ0) is 10.6. The second-order valence-corrected chi connectivity index (χ2v) is 3.74. The molecule has 0 atom stereocenters. The Morgan fingerprint density at radius 1 is 1.36 bits per heavy atom. The number of hydrogen-bond acceptors (Lipinski definition) is 1. The van der Waals surface area contributed by atoms with E-state index in [-0.39, 0.29) is 0 Å². The normalized spacial score (nSPS) is 9.57. The molecule has 0 unspecified atom stereocenters. The Morgan fingerprint density at radius 3 is 2.36 bits per heavy atom. The second-order valence-electron chi connectivity index (χ2n) is 3.30. The van der Waals surface area contributed by atoms with Gasteiger partial charge in [0.25, 0.3) is 0 Å².